The van der Waals surface area contributed by atoms with E-state index in [0.29, 0.717) is 26.1 Å². The molecular formula is C11H22N4O2S. The highest BCUT2D eigenvalue weighted by Gasteiger charge is 2.40. The van der Waals surface area contributed by atoms with Gasteiger partial charge in [0.1, 0.15) is 0 Å². The van der Waals surface area contributed by atoms with Crippen molar-refractivity contribution >= 4 is 16.0 Å². The van der Waals surface area contributed by atoms with Gasteiger partial charge in [-0.2, -0.15) is 17.0 Å². The van der Waals surface area contributed by atoms with Gasteiger partial charge in [-0.15, -0.1) is 0 Å². The third-order valence-corrected chi connectivity index (χ3v) is 5.58. The van der Waals surface area contributed by atoms with Gasteiger partial charge in [-0.05, 0) is 25.7 Å². The fourth-order valence-electron chi connectivity index (χ4n) is 2.32. The molecule has 0 amide bonds. The van der Waals surface area contributed by atoms with E-state index in [1.54, 1.807) is 8.61 Å². The Kier molecular flexibility index (Phi) is 4.24. The average molecular weight is 274 g/mol. The molecule has 0 aromatic heterocycles. The highest BCUT2D eigenvalue weighted by atomic mass is 32.2. The fraction of sp³-hybridized carbons (Fsp3) is 0.909. The summed E-state index contributed by atoms with van der Waals surface area (Å²) in [6, 6.07) is 0.135. The van der Waals surface area contributed by atoms with Gasteiger partial charge in [0.15, 0.2) is 0 Å². The number of hydrogen-bond acceptors (Lipinski definition) is 3. The van der Waals surface area contributed by atoms with E-state index in [1.807, 2.05) is 0 Å². The van der Waals surface area contributed by atoms with E-state index >= 15 is 0 Å². The smallest absolute Gasteiger partial charge is 0.282 e. The van der Waals surface area contributed by atoms with Crippen LogP contribution in [0.1, 0.15) is 38.5 Å². The van der Waals surface area contributed by atoms with Crippen LogP contribution in [0.25, 0.3) is 0 Å². The quantitative estimate of drug-likeness (QED) is 0.546. The SMILES string of the molecule is N=C(N)CCN(C1CC1)S(=O)(=O)N1CCCCC1. The van der Waals surface area contributed by atoms with Gasteiger partial charge in [-0.1, -0.05) is 6.42 Å². The Morgan fingerprint density at radius 1 is 1.28 bits per heavy atom. The molecule has 1 heterocycles. The van der Waals surface area contributed by atoms with Gasteiger partial charge in [0.2, 0.25) is 0 Å². The Hall–Kier alpha value is -0.660. The van der Waals surface area contributed by atoms with Crippen LogP contribution in [0.2, 0.25) is 0 Å². The van der Waals surface area contributed by atoms with Crippen molar-refractivity contribution in [1.82, 2.24) is 8.61 Å². The summed E-state index contributed by atoms with van der Waals surface area (Å²) < 4.78 is 28.2. The largest absolute Gasteiger partial charge is 0.388 e. The van der Waals surface area contributed by atoms with Crippen molar-refractivity contribution in [3.05, 3.63) is 0 Å². The number of nitrogens with zero attached hydrogens (tertiary/aromatic N) is 2. The Labute approximate surface area is 109 Å². The summed E-state index contributed by atoms with van der Waals surface area (Å²) >= 11 is 0. The first-order valence-electron chi connectivity index (χ1n) is 6.61. The van der Waals surface area contributed by atoms with Crippen molar-refractivity contribution in [1.29, 1.82) is 5.41 Å². The Morgan fingerprint density at radius 2 is 1.89 bits per heavy atom. The van der Waals surface area contributed by atoms with Gasteiger partial charge in [0, 0.05) is 32.1 Å². The summed E-state index contributed by atoms with van der Waals surface area (Å²) in [5.74, 6) is 0.0505. The van der Waals surface area contributed by atoms with Gasteiger partial charge in [-0.3, -0.25) is 5.41 Å². The third kappa shape index (κ3) is 3.21. The van der Waals surface area contributed by atoms with Crippen LogP contribution in [0.4, 0.5) is 0 Å². The highest BCUT2D eigenvalue weighted by Crippen LogP contribution is 2.31. The van der Waals surface area contributed by atoms with Crippen molar-refractivity contribution < 1.29 is 8.42 Å². The Bertz CT molecular complexity index is 399. The Morgan fingerprint density at radius 3 is 2.39 bits per heavy atom. The summed E-state index contributed by atoms with van der Waals surface area (Å²) in [4.78, 5) is 0. The molecule has 2 aliphatic rings. The molecular weight excluding hydrogens is 252 g/mol. The van der Waals surface area contributed by atoms with Gasteiger partial charge < -0.3 is 5.73 Å². The molecule has 6 nitrogen and oxygen atoms in total. The molecule has 2 fully saturated rings. The third-order valence-electron chi connectivity index (χ3n) is 3.49. The second kappa shape index (κ2) is 5.54. The van der Waals surface area contributed by atoms with Crippen LogP contribution >= 0.6 is 0 Å². The first kappa shape index (κ1) is 13.8. The van der Waals surface area contributed by atoms with Crippen molar-refractivity contribution in [2.45, 2.75) is 44.6 Å². The van der Waals surface area contributed by atoms with Crippen LogP contribution in [0.3, 0.4) is 0 Å². The van der Waals surface area contributed by atoms with Gasteiger partial charge in [-0.25, -0.2) is 0 Å². The van der Waals surface area contributed by atoms with E-state index < -0.39 is 10.2 Å². The van der Waals surface area contributed by atoms with E-state index in [1.165, 1.54) is 0 Å². The predicted molar refractivity (Wildman–Crippen MR) is 70.6 cm³/mol. The molecule has 0 spiro atoms. The fourth-order valence-corrected chi connectivity index (χ4v) is 4.25. The van der Waals surface area contributed by atoms with Crippen molar-refractivity contribution in [3.8, 4) is 0 Å². The molecule has 1 saturated heterocycles. The van der Waals surface area contributed by atoms with E-state index in [4.69, 9.17) is 11.1 Å². The topological polar surface area (TPSA) is 90.5 Å². The van der Waals surface area contributed by atoms with E-state index in [9.17, 15) is 8.42 Å². The van der Waals surface area contributed by atoms with E-state index in [2.05, 4.69) is 0 Å². The first-order chi connectivity index (χ1) is 8.51. The number of amidine groups is 1. The van der Waals surface area contributed by atoms with Crippen molar-refractivity contribution in [3.63, 3.8) is 0 Å². The molecule has 0 radical (unpaired) electrons. The van der Waals surface area contributed by atoms with Crippen LogP contribution in [0.15, 0.2) is 0 Å². The highest BCUT2D eigenvalue weighted by molar-refractivity contribution is 7.86. The first-order valence-corrected chi connectivity index (χ1v) is 8.01. The van der Waals surface area contributed by atoms with Crippen LogP contribution in [0, 0.1) is 5.41 Å². The second-order valence-corrected chi connectivity index (χ2v) is 6.97. The summed E-state index contributed by atoms with van der Waals surface area (Å²) in [5, 5.41) is 7.24. The molecule has 1 aliphatic carbocycles. The zero-order valence-corrected chi connectivity index (χ0v) is 11.5. The number of nitrogens with one attached hydrogen (secondary N) is 1. The molecule has 0 unspecified atom stereocenters. The zero-order valence-electron chi connectivity index (χ0n) is 10.6. The van der Waals surface area contributed by atoms with Gasteiger partial charge in [0.05, 0.1) is 5.84 Å². The molecule has 3 N–H and O–H groups in total. The normalized spacial score (nSPS) is 22.3. The molecule has 0 bridgehead atoms. The summed E-state index contributed by atoms with van der Waals surface area (Å²) in [5.41, 5.74) is 5.33. The molecule has 2 rings (SSSR count). The van der Waals surface area contributed by atoms with Crippen LogP contribution in [0.5, 0.6) is 0 Å². The molecule has 104 valence electrons. The minimum absolute atomic E-state index is 0.0505. The maximum Gasteiger partial charge on any atom is 0.282 e. The summed E-state index contributed by atoms with van der Waals surface area (Å²) in [6.07, 6.45) is 5.21. The van der Waals surface area contributed by atoms with Gasteiger partial charge >= 0.3 is 0 Å². The molecule has 0 aromatic carbocycles. The van der Waals surface area contributed by atoms with Crippen LogP contribution in [-0.4, -0.2) is 48.5 Å². The Balaban J connectivity index is 2.05. The molecule has 0 aromatic rings. The average Bonchev–Trinajstić information content (AvgIpc) is 3.14. The maximum absolute atomic E-state index is 12.5. The lowest BCUT2D eigenvalue weighted by Gasteiger charge is -2.32. The van der Waals surface area contributed by atoms with E-state index in [-0.39, 0.29) is 11.9 Å². The maximum atomic E-state index is 12.5. The summed E-state index contributed by atoms with van der Waals surface area (Å²) in [6.45, 7) is 1.61. The minimum Gasteiger partial charge on any atom is -0.388 e. The van der Waals surface area contributed by atoms with Crippen molar-refractivity contribution in [2.75, 3.05) is 19.6 Å². The number of piperidine rings is 1. The molecule has 7 heteroatoms. The molecule has 1 aliphatic heterocycles. The standard InChI is InChI=1S/C11H22N4O2S/c12-11(13)6-9-15(10-4-5-10)18(16,17)14-7-2-1-3-8-14/h10H,1-9H2,(H3,12,13). The molecule has 18 heavy (non-hydrogen) atoms. The number of nitrogens with two attached hydrogens (primary N) is 1. The number of rotatable bonds is 6. The van der Waals surface area contributed by atoms with Crippen LogP contribution in [-0.2, 0) is 10.2 Å². The predicted octanol–water partition coefficient (Wildman–Crippen LogP) is 0.508. The minimum atomic E-state index is -3.34. The zero-order chi connectivity index (χ0) is 13.2. The lowest BCUT2D eigenvalue weighted by molar-refractivity contribution is 0.301. The lowest BCUT2D eigenvalue weighted by Crippen LogP contribution is -2.47. The van der Waals surface area contributed by atoms with Crippen LogP contribution < -0.4 is 5.73 Å². The molecule has 0 atom stereocenters. The van der Waals surface area contributed by atoms with E-state index in [0.717, 1.165) is 32.1 Å². The van der Waals surface area contributed by atoms with Crippen molar-refractivity contribution in [2.24, 2.45) is 5.73 Å². The monoisotopic (exact) mass is 274 g/mol. The number of hydrogen-bond donors (Lipinski definition) is 2. The molecule has 1 saturated carbocycles. The lowest BCUT2D eigenvalue weighted by atomic mass is 10.2. The summed E-state index contributed by atoms with van der Waals surface area (Å²) in [7, 11) is -3.34. The van der Waals surface area contributed by atoms with Gasteiger partial charge in [0.25, 0.3) is 10.2 Å². The second-order valence-electron chi connectivity index (χ2n) is 5.08.